The summed E-state index contributed by atoms with van der Waals surface area (Å²) in [5.74, 6) is 0. The molecule has 0 aliphatic carbocycles. The highest BCUT2D eigenvalue weighted by Gasteiger charge is 2.18. The number of anilines is 1. The van der Waals surface area contributed by atoms with Crippen LogP contribution in [0.5, 0.6) is 0 Å². The fourth-order valence-corrected chi connectivity index (χ4v) is 2.98. The normalized spacial score (nSPS) is 14.9. The summed E-state index contributed by atoms with van der Waals surface area (Å²) in [7, 11) is 0. The molecule has 1 aliphatic heterocycles. The molecule has 6 nitrogen and oxygen atoms in total. The maximum Gasteiger partial charge on any atom is 0.323 e. The first-order chi connectivity index (χ1) is 10.7. The van der Waals surface area contributed by atoms with Gasteiger partial charge in [0, 0.05) is 24.5 Å². The molecular weight excluding hydrogens is 324 g/mol. The average molecular weight is 339 g/mol. The molecule has 2 amide bonds. The van der Waals surface area contributed by atoms with Gasteiger partial charge in [0.25, 0.3) is 0 Å². The maximum atomic E-state index is 12.1. The van der Waals surface area contributed by atoms with E-state index in [4.69, 9.17) is 16.3 Å². The van der Waals surface area contributed by atoms with Crippen molar-refractivity contribution in [3.8, 4) is 0 Å². The lowest BCUT2D eigenvalue weighted by Gasteiger charge is -2.26. The van der Waals surface area contributed by atoms with E-state index in [0.29, 0.717) is 42.9 Å². The largest absolute Gasteiger partial charge is 0.378 e. The number of amides is 2. The third-order valence-corrected chi connectivity index (χ3v) is 4.34. The highest BCUT2D eigenvalue weighted by molar-refractivity contribution is 7.15. The van der Waals surface area contributed by atoms with Crippen molar-refractivity contribution in [2.24, 2.45) is 0 Å². The topological polar surface area (TPSA) is 67.4 Å². The summed E-state index contributed by atoms with van der Waals surface area (Å²) in [6, 6.07) is 7.45. The number of aromatic nitrogens is 2. The predicted molar refractivity (Wildman–Crippen MR) is 85.6 cm³/mol. The molecule has 1 fully saturated rings. The quantitative estimate of drug-likeness (QED) is 0.934. The number of halogens is 1. The van der Waals surface area contributed by atoms with Gasteiger partial charge in [0.05, 0.1) is 13.2 Å². The van der Waals surface area contributed by atoms with Crippen molar-refractivity contribution in [1.82, 2.24) is 15.1 Å². The Morgan fingerprint density at radius 2 is 2.00 bits per heavy atom. The molecule has 1 aromatic carbocycles. The van der Waals surface area contributed by atoms with Crippen LogP contribution in [0.15, 0.2) is 24.3 Å². The fourth-order valence-electron chi connectivity index (χ4n) is 2.09. The molecule has 0 saturated carbocycles. The lowest BCUT2D eigenvalue weighted by atomic mass is 10.2. The molecule has 2 aromatic rings. The number of rotatable bonds is 3. The number of benzene rings is 1. The van der Waals surface area contributed by atoms with E-state index in [2.05, 4.69) is 15.5 Å². The Morgan fingerprint density at radius 1 is 1.27 bits per heavy atom. The van der Waals surface area contributed by atoms with E-state index < -0.39 is 0 Å². The summed E-state index contributed by atoms with van der Waals surface area (Å²) in [6.45, 7) is 2.35. The first-order valence-electron chi connectivity index (χ1n) is 6.91. The molecule has 1 aliphatic rings. The number of urea groups is 1. The summed E-state index contributed by atoms with van der Waals surface area (Å²) >= 11 is 7.24. The van der Waals surface area contributed by atoms with Crippen molar-refractivity contribution in [3.05, 3.63) is 39.9 Å². The van der Waals surface area contributed by atoms with Crippen LogP contribution in [0.1, 0.15) is 10.6 Å². The van der Waals surface area contributed by atoms with E-state index >= 15 is 0 Å². The second-order valence-electron chi connectivity index (χ2n) is 4.83. The Bertz CT molecular complexity index is 641. The van der Waals surface area contributed by atoms with E-state index in [9.17, 15) is 4.79 Å². The molecular formula is C14H15ClN4O2S. The lowest BCUT2D eigenvalue weighted by molar-refractivity contribution is 0.0564. The number of carbonyl (C=O) groups is 1. The fraction of sp³-hybridized carbons (Fsp3) is 0.357. The second-order valence-corrected chi connectivity index (χ2v) is 6.33. The lowest BCUT2D eigenvalue weighted by Crippen LogP contribution is -2.43. The number of nitrogens with one attached hydrogen (secondary N) is 1. The summed E-state index contributed by atoms with van der Waals surface area (Å²) in [6.07, 6.45) is 0.669. The van der Waals surface area contributed by atoms with Crippen LogP contribution in [0.3, 0.4) is 0 Å². The van der Waals surface area contributed by atoms with Gasteiger partial charge in [-0.05, 0) is 17.7 Å². The van der Waals surface area contributed by atoms with Crippen molar-refractivity contribution < 1.29 is 9.53 Å². The van der Waals surface area contributed by atoms with Crippen LogP contribution in [-0.4, -0.2) is 47.4 Å². The van der Waals surface area contributed by atoms with Gasteiger partial charge in [0.15, 0.2) is 0 Å². The smallest absolute Gasteiger partial charge is 0.323 e. The van der Waals surface area contributed by atoms with Crippen LogP contribution in [0.2, 0.25) is 5.02 Å². The third kappa shape index (κ3) is 3.94. The minimum Gasteiger partial charge on any atom is -0.378 e. The van der Waals surface area contributed by atoms with Crippen LogP contribution in [0.4, 0.5) is 9.93 Å². The Morgan fingerprint density at radius 3 is 2.73 bits per heavy atom. The van der Waals surface area contributed by atoms with Crippen molar-refractivity contribution >= 4 is 34.1 Å². The van der Waals surface area contributed by atoms with Crippen LogP contribution in [0.25, 0.3) is 0 Å². The summed E-state index contributed by atoms with van der Waals surface area (Å²) in [5.41, 5.74) is 1.10. The first kappa shape index (κ1) is 15.2. The number of carbonyl (C=O) groups excluding carboxylic acids is 1. The Balaban J connectivity index is 1.58. The van der Waals surface area contributed by atoms with Crippen molar-refractivity contribution in [2.75, 3.05) is 31.6 Å². The summed E-state index contributed by atoms with van der Waals surface area (Å²) < 4.78 is 5.22. The first-order valence-corrected chi connectivity index (χ1v) is 8.10. The standard InChI is InChI=1S/C14H15ClN4O2S/c15-11-3-1-10(2-4-11)9-12-17-18-13(22-12)16-14(20)19-5-7-21-8-6-19/h1-4H,5-9H2,(H,16,18,20). The highest BCUT2D eigenvalue weighted by Crippen LogP contribution is 2.20. The van der Waals surface area contributed by atoms with Gasteiger partial charge in [-0.15, -0.1) is 10.2 Å². The second kappa shape index (κ2) is 7.04. The molecule has 0 atom stereocenters. The van der Waals surface area contributed by atoms with Gasteiger partial charge >= 0.3 is 6.03 Å². The van der Waals surface area contributed by atoms with Gasteiger partial charge in [-0.2, -0.15) is 0 Å². The Kier molecular flexibility index (Phi) is 4.87. The zero-order chi connectivity index (χ0) is 15.4. The molecule has 0 spiro atoms. The molecule has 1 saturated heterocycles. The molecule has 3 rings (SSSR count). The monoisotopic (exact) mass is 338 g/mol. The van der Waals surface area contributed by atoms with Crippen molar-refractivity contribution in [2.45, 2.75) is 6.42 Å². The van der Waals surface area contributed by atoms with E-state index in [-0.39, 0.29) is 6.03 Å². The van der Waals surface area contributed by atoms with Gasteiger partial charge in [-0.3, -0.25) is 5.32 Å². The minimum absolute atomic E-state index is 0.155. The molecule has 22 heavy (non-hydrogen) atoms. The van der Waals surface area contributed by atoms with Crippen LogP contribution in [-0.2, 0) is 11.2 Å². The molecule has 1 N–H and O–H groups in total. The number of hydrogen-bond acceptors (Lipinski definition) is 5. The molecule has 8 heteroatoms. The van der Waals surface area contributed by atoms with Gasteiger partial charge < -0.3 is 9.64 Å². The van der Waals surface area contributed by atoms with Crippen LogP contribution >= 0.6 is 22.9 Å². The zero-order valence-corrected chi connectivity index (χ0v) is 13.4. The number of ether oxygens (including phenoxy) is 1. The third-order valence-electron chi connectivity index (χ3n) is 3.25. The number of hydrogen-bond donors (Lipinski definition) is 1. The molecule has 0 unspecified atom stereocenters. The summed E-state index contributed by atoms with van der Waals surface area (Å²) in [5, 5.41) is 13.0. The predicted octanol–water partition coefficient (Wildman–Crippen LogP) is 2.65. The Hall–Kier alpha value is -1.70. The molecule has 1 aromatic heterocycles. The molecule has 0 radical (unpaired) electrons. The van der Waals surface area contributed by atoms with E-state index in [0.717, 1.165) is 10.6 Å². The minimum atomic E-state index is -0.155. The highest BCUT2D eigenvalue weighted by atomic mass is 35.5. The zero-order valence-electron chi connectivity index (χ0n) is 11.8. The van der Waals surface area contributed by atoms with Gasteiger partial charge in [-0.1, -0.05) is 35.1 Å². The van der Waals surface area contributed by atoms with E-state index in [1.807, 2.05) is 24.3 Å². The van der Waals surface area contributed by atoms with E-state index in [1.165, 1.54) is 11.3 Å². The van der Waals surface area contributed by atoms with Crippen molar-refractivity contribution in [1.29, 1.82) is 0 Å². The number of nitrogens with zero attached hydrogens (tertiary/aromatic N) is 3. The average Bonchev–Trinajstić information content (AvgIpc) is 2.97. The summed E-state index contributed by atoms with van der Waals surface area (Å²) in [4.78, 5) is 13.8. The van der Waals surface area contributed by atoms with Gasteiger partial charge in [-0.25, -0.2) is 4.79 Å². The maximum absolute atomic E-state index is 12.1. The van der Waals surface area contributed by atoms with E-state index in [1.54, 1.807) is 4.90 Å². The SMILES string of the molecule is O=C(Nc1nnc(Cc2ccc(Cl)cc2)s1)N1CCOCC1. The molecule has 116 valence electrons. The van der Waals surface area contributed by atoms with Gasteiger partial charge in [0.1, 0.15) is 5.01 Å². The van der Waals surface area contributed by atoms with Crippen LogP contribution in [0, 0.1) is 0 Å². The van der Waals surface area contributed by atoms with Crippen LogP contribution < -0.4 is 5.32 Å². The molecule has 2 heterocycles. The molecule has 0 bridgehead atoms. The number of morpholine rings is 1. The van der Waals surface area contributed by atoms with Gasteiger partial charge in [0.2, 0.25) is 5.13 Å². The Labute approximate surface area is 137 Å². The van der Waals surface area contributed by atoms with Crippen molar-refractivity contribution in [3.63, 3.8) is 0 Å².